The molecule has 0 aliphatic carbocycles. The molecule has 0 unspecified atom stereocenters. The highest BCUT2D eigenvalue weighted by atomic mass is 16.5. The molecular formula is C28H31N3O5. The van der Waals surface area contributed by atoms with Gasteiger partial charge in [0.1, 0.15) is 0 Å². The number of aryl methyl sites for hydroxylation is 1. The van der Waals surface area contributed by atoms with Crippen LogP contribution in [0.4, 0.5) is 5.69 Å². The lowest BCUT2D eigenvalue weighted by molar-refractivity contribution is 0.0927. The van der Waals surface area contributed by atoms with Crippen LogP contribution in [0.2, 0.25) is 0 Å². The summed E-state index contributed by atoms with van der Waals surface area (Å²) in [4.78, 5) is 37.2. The number of carbonyl (C=O) groups is 3. The summed E-state index contributed by atoms with van der Waals surface area (Å²) >= 11 is 0. The number of nitrogens with one attached hydrogen (secondary N) is 3. The molecule has 3 amide bonds. The van der Waals surface area contributed by atoms with Gasteiger partial charge in [-0.25, -0.2) is 0 Å². The van der Waals surface area contributed by atoms with Crippen molar-refractivity contribution in [1.82, 2.24) is 10.6 Å². The van der Waals surface area contributed by atoms with E-state index in [4.69, 9.17) is 9.47 Å². The van der Waals surface area contributed by atoms with Crippen LogP contribution in [0.15, 0.2) is 66.7 Å². The Morgan fingerprint density at radius 2 is 1.14 bits per heavy atom. The van der Waals surface area contributed by atoms with E-state index in [1.807, 2.05) is 32.9 Å². The van der Waals surface area contributed by atoms with Crippen molar-refractivity contribution in [3.63, 3.8) is 0 Å². The van der Waals surface area contributed by atoms with E-state index in [2.05, 4.69) is 16.0 Å². The van der Waals surface area contributed by atoms with E-state index in [9.17, 15) is 14.4 Å². The summed E-state index contributed by atoms with van der Waals surface area (Å²) in [5.41, 5.74) is 3.11. The average Bonchev–Trinajstić information content (AvgIpc) is 2.88. The van der Waals surface area contributed by atoms with Crippen LogP contribution >= 0.6 is 0 Å². The summed E-state index contributed by atoms with van der Waals surface area (Å²) in [7, 11) is 0. The first-order chi connectivity index (χ1) is 17.4. The van der Waals surface area contributed by atoms with E-state index in [0.29, 0.717) is 47.1 Å². The first-order valence-electron chi connectivity index (χ1n) is 11.9. The van der Waals surface area contributed by atoms with E-state index < -0.39 is 0 Å². The van der Waals surface area contributed by atoms with Crippen LogP contribution in [0.5, 0.6) is 11.5 Å². The lowest BCUT2D eigenvalue weighted by Gasteiger charge is -2.12. The number of ether oxygens (including phenoxy) is 2. The van der Waals surface area contributed by atoms with Crippen LogP contribution in [0.1, 0.15) is 50.5 Å². The Hall–Kier alpha value is -4.33. The van der Waals surface area contributed by atoms with E-state index in [1.165, 1.54) is 0 Å². The molecule has 3 N–H and O–H groups in total. The number of rotatable bonds is 11. The van der Waals surface area contributed by atoms with Gasteiger partial charge in [0.05, 0.1) is 13.2 Å². The number of carbonyl (C=O) groups excluding carboxylic acids is 3. The van der Waals surface area contributed by atoms with E-state index >= 15 is 0 Å². The monoisotopic (exact) mass is 489 g/mol. The van der Waals surface area contributed by atoms with E-state index in [0.717, 1.165) is 5.56 Å². The van der Waals surface area contributed by atoms with Crippen molar-refractivity contribution in [2.75, 3.05) is 31.6 Å². The second kappa shape index (κ2) is 12.9. The van der Waals surface area contributed by atoms with Crippen LogP contribution in [-0.2, 0) is 0 Å². The van der Waals surface area contributed by atoms with Crippen molar-refractivity contribution in [2.24, 2.45) is 0 Å². The maximum atomic E-state index is 12.5. The molecule has 0 saturated carbocycles. The number of amides is 3. The van der Waals surface area contributed by atoms with Crippen LogP contribution in [-0.4, -0.2) is 44.0 Å². The molecule has 3 rings (SSSR count). The Morgan fingerprint density at radius 3 is 1.75 bits per heavy atom. The van der Waals surface area contributed by atoms with Crippen molar-refractivity contribution in [1.29, 1.82) is 0 Å². The van der Waals surface area contributed by atoms with Crippen LogP contribution < -0.4 is 25.4 Å². The zero-order valence-corrected chi connectivity index (χ0v) is 20.7. The molecule has 0 aliphatic heterocycles. The van der Waals surface area contributed by atoms with Gasteiger partial charge in [-0.15, -0.1) is 0 Å². The topological polar surface area (TPSA) is 106 Å². The summed E-state index contributed by atoms with van der Waals surface area (Å²) in [6.45, 7) is 7.16. The lowest BCUT2D eigenvalue weighted by atomic mass is 10.1. The van der Waals surface area contributed by atoms with Gasteiger partial charge in [0.15, 0.2) is 11.5 Å². The third-order valence-corrected chi connectivity index (χ3v) is 5.22. The molecule has 0 spiro atoms. The minimum atomic E-state index is -0.277. The van der Waals surface area contributed by atoms with Gasteiger partial charge in [-0.1, -0.05) is 17.7 Å². The molecule has 8 heteroatoms. The Morgan fingerprint density at radius 1 is 0.639 bits per heavy atom. The highest BCUT2D eigenvalue weighted by Crippen LogP contribution is 2.28. The normalized spacial score (nSPS) is 10.3. The number of hydrogen-bond acceptors (Lipinski definition) is 5. The summed E-state index contributed by atoms with van der Waals surface area (Å²) in [5.74, 6) is 0.328. The van der Waals surface area contributed by atoms with Crippen molar-refractivity contribution < 1.29 is 23.9 Å². The largest absolute Gasteiger partial charge is 0.490 e. The van der Waals surface area contributed by atoms with Crippen molar-refractivity contribution in [3.05, 3.63) is 89.0 Å². The molecule has 36 heavy (non-hydrogen) atoms. The smallest absolute Gasteiger partial charge is 0.255 e. The predicted octanol–water partition coefficient (Wildman–Crippen LogP) is 4.20. The lowest BCUT2D eigenvalue weighted by Crippen LogP contribution is -2.34. The summed E-state index contributed by atoms with van der Waals surface area (Å²) in [6.07, 6.45) is 0. The SMILES string of the molecule is CCOc1ccc(C(=O)NCCNC(=O)c2ccc(NC(=O)c3ccc(C)cc3)cc2)cc1OCC. The van der Waals surface area contributed by atoms with Crippen molar-refractivity contribution >= 4 is 23.4 Å². The molecule has 0 aromatic heterocycles. The predicted molar refractivity (Wildman–Crippen MR) is 139 cm³/mol. The summed E-state index contributed by atoms with van der Waals surface area (Å²) in [5, 5.41) is 8.36. The van der Waals surface area contributed by atoms with Gasteiger partial charge in [-0.3, -0.25) is 14.4 Å². The first-order valence-corrected chi connectivity index (χ1v) is 11.9. The maximum Gasteiger partial charge on any atom is 0.255 e. The number of hydrogen-bond donors (Lipinski definition) is 3. The van der Waals surface area contributed by atoms with Gasteiger partial charge in [0, 0.05) is 35.5 Å². The first kappa shape index (κ1) is 26.3. The minimum absolute atomic E-state index is 0.219. The molecule has 3 aromatic rings. The van der Waals surface area contributed by atoms with Gasteiger partial charge in [-0.05, 0) is 75.4 Å². The van der Waals surface area contributed by atoms with Crippen LogP contribution in [0, 0.1) is 6.92 Å². The van der Waals surface area contributed by atoms with Gasteiger partial charge in [-0.2, -0.15) is 0 Å². The molecule has 3 aromatic carbocycles. The standard InChI is InChI=1S/C28H31N3O5/c1-4-35-24-15-12-22(18-25(24)36-5-2)27(33)30-17-16-29-26(32)20-10-13-23(14-11-20)31-28(34)21-8-6-19(3)7-9-21/h6-15,18H,4-5,16-17H2,1-3H3,(H,29,32)(H,30,33)(H,31,34). The van der Waals surface area contributed by atoms with Crippen molar-refractivity contribution in [3.8, 4) is 11.5 Å². The summed E-state index contributed by atoms with van der Waals surface area (Å²) < 4.78 is 11.1. The second-order valence-corrected chi connectivity index (χ2v) is 7.94. The van der Waals surface area contributed by atoms with E-state index in [1.54, 1.807) is 54.6 Å². The molecule has 0 fully saturated rings. The third kappa shape index (κ3) is 7.33. The van der Waals surface area contributed by atoms with Crippen LogP contribution in [0.25, 0.3) is 0 Å². The fourth-order valence-corrected chi connectivity index (χ4v) is 3.36. The highest BCUT2D eigenvalue weighted by molar-refractivity contribution is 6.04. The molecule has 188 valence electrons. The molecule has 0 atom stereocenters. The highest BCUT2D eigenvalue weighted by Gasteiger charge is 2.12. The molecule has 0 heterocycles. The quantitative estimate of drug-likeness (QED) is 0.350. The zero-order chi connectivity index (χ0) is 25.9. The molecule has 0 radical (unpaired) electrons. The fourth-order valence-electron chi connectivity index (χ4n) is 3.36. The van der Waals surface area contributed by atoms with Crippen LogP contribution in [0.3, 0.4) is 0 Å². The Kier molecular flexibility index (Phi) is 9.45. The Labute approximate surface area is 211 Å². The van der Waals surface area contributed by atoms with Gasteiger partial charge >= 0.3 is 0 Å². The molecule has 8 nitrogen and oxygen atoms in total. The number of anilines is 1. The second-order valence-electron chi connectivity index (χ2n) is 7.94. The molecular weight excluding hydrogens is 458 g/mol. The van der Waals surface area contributed by atoms with Gasteiger partial charge in [0.25, 0.3) is 17.7 Å². The van der Waals surface area contributed by atoms with Crippen molar-refractivity contribution in [2.45, 2.75) is 20.8 Å². The Bertz CT molecular complexity index is 1190. The minimum Gasteiger partial charge on any atom is -0.490 e. The van der Waals surface area contributed by atoms with Gasteiger partial charge < -0.3 is 25.4 Å². The third-order valence-electron chi connectivity index (χ3n) is 5.22. The maximum absolute atomic E-state index is 12.5. The molecule has 0 saturated heterocycles. The van der Waals surface area contributed by atoms with E-state index in [-0.39, 0.29) is 30.8 Å². The Balaban J connectivity index is 1.46. The molecule has 0 aliphatic rings. The van der Waals surface area contributed by atoms with Gasteiger partial charge in [0.2, 0.25) is 0 Å². The average molecular weight is 490 g/mol. The number of benzene rings is 3. The summed E-state index contributed by atoms with van der Waals surface area (Å²) in [6, 6.07) is 18.9. The molecule has 0 bridgehead atoms. The fraction of sp³-hybridized carbons (Fsp3) is 0.250. The zero-order valence-electron chi connectivity index (χ0n) is 20.7.